The molecule has 0 aromatic carbocycles. The molecule has 1 aliphatic rings. The minimum atomic E-state index is -5.60. The number of amides is 1. The standard InChI is InChI=1S/C13H24BN2O12P3/c1-4-12(17)15-6-5-7-16(14)13-10(3)9(2)11(26-13)8-25-30(21,22)28-31(23,24)27-29(18,19)20/h9-11,13H,4,6,8H2,1-3H3,(H,15,17)(H,21,22)(H,23,24)(H2,18,19,20)/t9?,10-,11+,13+/m0/s1. The van der Waals surface area contributed by atoms with Crippen LogP contribution >= 0.6 is 23.5 Å². The molecule has 18 heteroatoms. The normalized spacial score (nSPS) is 27.5. The molecule has 1 amide bonds. The van der Waals surface area contributed by atoms with Crippen LogP contribution in [0.1, 0.15) is 27.2 Å². The molecule has 0 aromatic heterocycles. The predicted molar refractivity (Wildman–Crippen MR) is 105 cm³/mol. The number of carbonyl (C=O) groups is 1. The van der Waals surface area contributed by atoms with Gasteiger partial charge in [-0.25, -0.2) is 13.7 Å². The Morgan fingerprint density at radius 2 is 1.74 bits per heavy atom. The zero-order valence-corrected chi connectivity index (χ0v) is 19.5. The fourth-order valence-electron chi connectivity index (χ4n) is 2.47. The molecular formula is C13H24BN2O12P3. The van der Waals surface area contributed by atoms with Crippen molar-refractivity contribution in [2.75, 3.05) is 13.2 Å². The summed E-state index contributed by atoms with van der Waals surface area (Å²) in [6.07, 6.45) is -1.23. The van der Waals surface area contributed by atoms with E-state index >= 15 is 0 Å². The van der Waals surface area contributed by atoms with Gasteiger partial charge in [0.2, 0.25) is 13.9 Å². The molecule has 0 aromatic rings. The second-order valence-electron chi connectivity index (χ2n) is 6.50. The van der Waals surface area contributed by atoms with Gasteiger partial charge in [0.25, 0.3) is 0 Å². The van der Waals surface area contributed by atoms with Gasteiger partial charge >= 0.3 is 23.5 Å². The Hall–Kier alpha value is -0.735. The van der Waals surface area contributed by atoms with Crippen LogP contribution in [0.15, 0.2) is 0 Å². The van der Waals surface area contributed by atoms with E-state index < -0.39 is 42.4 Å². The number of hydrogen-bond donors (Lipinski definition) is 5. The number of nitrogens with zero attached hydrogens (tertiary/aromatic N) is 1. The van der Waals surface area contributed by atoms with E-state index in [1.54, 1.807) is 20.8 Å². The Bertz CT molecular complexity index is 841. The summed E-state index contributed by atoms with van der Waals surface area (Å²) in [5.74, 6) is 1.97. The lowest BCUT2D eigenvalue weighted by Crippen LogP contribution is -2.34. The quantitative estimate of drug-likeness (QED) is 0.117. The zero-order valence-electron chi connectivity index (χ0n) is 16.9. The molecule has 2 radical (unpaired) electrons. The van der Waals surface area contributed by atoms with Gasteiger partial charge in [0.1, 0.15) is 6.23 Å². The third-order valence-electron chi connectivity index (χ3n) is 4.18. The van der Waals surface area contributed by atoms with Crippen LogP contribution in [0.25, 0.3) is 0 Å². The molecule has 14 nitrogen and oxygen atoms in total. The van der Waals surface area contributed by atoms with Gasteiger partial charge in [0.05, 0.1) is 19.3 Å². The smallest absolute Gasteiger partial charge is 0.363 e. The maximum atomic E-state index is 11.8. The van der Waals surface area contributed by atoms with Gasteiger partial charge in [-0.05, 0) is 12.0 Å². The summed E-state index contributed by atoms with van der Waals surface area (Å²) in [4.78, 5) is 48.0. The fraction of sp³-hybridized carbons (Fsp3) is 0.769. The number of nitrogens with one attached hydrogen (secondary N) is 1. The van der Waals surface area contributed by atoms with Crippen molar-refractivity contribution in [2.24, 2.45) is 11.8 Å². The second-order valence-corrected chi connectivity index (χ2v) is 10.9. The minimum absolute atomic E-state index is 0.0759. The Kier molecular flexibility index (Phi) is 10.4. The Balaban J connectivity index is 2.66. The molecule has 0 bridgehead atoms. The van der Waals surface area contributed by atoms with Gasteiger partial charge in [-0.1, -0.05) is 26.7 Å². The molecule has 1 heterocycles. The first kappa shape index (κ1) is 28.3. The van der Waals surface area contributed by atoms with E-state index in [0.29, 0.717) is 6.42 Å². The van der Waals surface area contributed by atoms with Crippen molar-refractivity contribution < 1.29 is 55.9 Å². The SMILES string of the molecule is [B]N(C#CCNC(=O)CC)[C@@H]1O[C@H](COP(=O)(O)OP(=O)(O)OP(=O)(O)O)C(C)[C@@H]1C. The molecule has 1 fully saturated rings. The number of phosphoric ester groups is 1. The molecule has 5 N–H and O–H groups in total. The van der Waals surface area contributed by atoms with Crippen LogP contribution in [-0.2, 0) is 36.4 Å². The van der Waals surface area contributed by atoms with Gasteiger partial charge in [-0.3, -0.25) is 9.32 Å². The van der Waals surface area contributed by atoms with Crippen molar-refractivity contribution in [3.63, 3.8) is 0 Å². The first-order valence-corrected chi connectivity index (χ1v) is 13.3. The average molecular weight is 504 g/mol. The highest BCUT2D eigenvalue weighted by Gasteiger charge is 2.44. The molecule has 1 saturated heterocycles. The number of ether oxygens (including phenoxy) is 1. The summed E-state index contributed by atoms with van der Waals surface area (Å²) < 4.78 is 51.4. The van der Waals surface area contributed by atoms with Crippen molar-refractivity contribution in [1.82, 2.24) is 10.1 Å². The lowest BCUT2D eigenvalue weighted by molar-refractivity contribution is -0.120. The largest absolute Gasteiger partial charge is 0.490 e. The molecule has 1 aliphatic heterocycles. The monoisotopic (exact) mass is 504 g/mol. The van der Waals surface area contributed by atoms with Crippen molar-refractivity contribution in [2.45, 2.75) is 39.5 Å². The van der Waals surface area contributed by atoms with E-state index in [2.05, 4.69) is 30.4 Å². The van der Waals surface area contributed by atoms with Crippen LogP contribution in [-0.4, -0.2) is 63.8 Å². The third kappa shape index (κ3) is 10.2. The van der Waals surface area contributed by atoms with E-state index in [1.807, 2.05) is 0 Å². The van der Waals surface area contributed by atoms with Crippen molar-refractivity contribution in [1.29, 1.82) is 0 Å². The zero-order chi connectivity index (χ0) is 24.0. The number of phosphoric acid groups is 3. The van der Waals surface area contributed by atoms with Crippen LogP contribution in [0, 0.1) is 23.8 Å². The summed E-state index contributed by atoms with van der Waals surface area (Å²) in [5.41, 5.74) is 0. The Morgan fingerprint density at radius 1 is 1.13 bits per heavy atom. The average Bonchev–Trinajstić information content (AvgIpc) is 2.88. The molecular weight excluding hydrogens is 480 g/mol. The summed E-state index contributed by atoms with van der Waals surface area (Å²) in [5, 5.41) is 2.55. The van der Waals surface area contributed by atoms with E-state index in [4.69, 9.17) is 27.4 Å². The highest BCUT2D eigenvalue weighted by molar-refractivity contribution is 7.66. The summed E-state index contributed by atoms with van der Waals surface area (Å²) in [7, 11) is -10.5. The van der Waals surface area contributed by atoms with Crippen LogP contribution in [0.3, 0.4) is 0 Å². The maximum absolute atomic E-state index is 11.8. The van der Waals surface area contributed by atoms with E-state index in [0.717, 1.165) is 4.81 Å². The van der Waals surface area contributed by atoms with Gasteiger partial charge in [-0.15, -0.1) is 0 Å². The van der Waals surface area contributed by atoms with Crippen LogP contribution in [0.2, 0.25) is 0 Å². The molecule has 0 aliphatic carbocycles. The van der Waals surface area contributed by atoms with Gasteiger partial charge in [-0.2, -0.15) is 8.62 Å². The van der Waals surface area contributed by atoms with E-state index in [-0.39, 0.29) is 24.3 Å². The van der Waals surface area contributed by atoms with Gasteiger partial charge in [0, 0.05) is 12.3 Å². The predicted octanol–water partition coefficient (Wildman–Crippen LogP) is 0.199. The van der Waals surface area contributed by atoms with Crippen LogP contribution in [0.4, 0.5) is 0 Å². The van der Waals surface area contributed by atoms with Crippen molar-refractivity contribution in [3.05, 3.63) is 0 Å². The lowest BCUT2D eigenvalue weighted by atomic mass is 9.92. The Morgan fingerprint density at radius 3 is 2.29 bits per heavy atom. The summed E-state index contributed by atoms with van der Waals surface area (Å²) in [6, 6.07) is 2.59. The minimum Gasteiger partial charge on any atom is -0.363 e. The maximum Gasteiger partial charge on any atom is 0.490 e. The van der Waals surface area contributed by atoms with Crippen molar-refractivity contribution >= 4 is 37.4 Å². The Labute approximate surface area is 180 Å². The number of hydrogen-bond acceptors (Lipinski definition) is 9. The first-order chi connectivity index (χ1) is 14.1. The van der Waals surface area contributed by atoms with Gasteiger partial charge in [0.15, 0.2) is 0 Å². The second kappa shape index (κ2) is 11.4. The van der Waals surface area contributed by atoms with Gasteiger partial charge < -0.3 is 34.4 Å². The number of carbonyl (C=O) groups excluding carboxylic acids is 1. The van der Waals surface area contributed by atoms with E-state index in [9.17, 15) is 23.4 Å². The third-order valence-corrected chi connectivity index (χ3v) is 7.98. The fourth-order valence-corrected chi connectivity index (χ4v) is 5.50. The van der Waals surface area contributed by atoms with E-state index in [1.165, 1.54) is 0 Å². The van der Waals surface area contributed by atoms with Crippen LogP contribution in [0.5, 0.6) is 0 Å². The molecule has 176 valence electrons. The molecule has 3 unspecified atom stereocenters. The molecule has 1 rings (SSSR count). The van der Waals surface area contributed by atoms with Crippen LogP contribution < -0.4 is 5.32 Å². The topological polar surface area (TPSA) is 201 Å². The summed E-state index contributed by atoms with van der Waals surface area (Å²) >= 11 is 0. The first-order valence-electron chi connectivity index (χ1n) is 8.80. The highest BCUT2D eigenvalue weighted by atomic mass is 31.3. The molecule has 6 atom stereocenters. The molecule has 0 spiro atoms. The molecule has 31 heavy (non-hydrogen) atoms. The summed E-state index contributed by atoms with van der Waals surface area (Å²) in [6.45, 7) is 4.70. The molecule has 0 saturated carbocycles. The lowest BCUT2D eigenvalue weighted by Gasteiger charge is -2.24. The van der Waals surface area contributed by atoms with Crippen molar-refractivity contribution in [3.8, 4) is 12.0 Å². The number of rotatable bonds is 10. The highest BCUT2D eigenvalue weighted by Crippen LogP contribution is 2.66.